The molecule has 2 unspecified atom stereocenters. The Labute approximate surface area is 89.1 Å². The van der Waals surface area contributed by atoms with Crippen molar-refractivity contribution in [1.82, 2.24) is 10.2 Å². The molecule has 1 fully saturated rings. The lowest BCUT2D eigenvalue weighted by Gasteiger charge is -2.20. The third kappa shape index (κ3) is 3.36. The van der Waals surface area contributed by atoms with E-state index in [9.17, 15) is 9.59 Å². The van der Waals surface area contributed by atoms with E-state index in [2.05, 4.69) is 5.32 Å². The minimum absolute atomic E-state index is 0.172. The maximum Gasteiger partial charge on any atom is 0.245 e. The first-order chi connectivity index (χ1) is 7.17. The van der Waals surface area contributed by atoms with E-state index in [1.807, 2.05) is 6.92 Å². The maximum absolute atomic E-state index is 10.9. The number of ether oxygens (including phenoxy) is 1. The van der Waals surface area contributed by atoms with Gasteiger partial charge in [0.25, 0.3) is 0 Å². The first kappa shape index (κ1) is 11.7. The number of nitrogens with one attached hydrogen (secondary N) is 1. The van der Waals surface area contributed by atoms with Crippen LogP contribution in [-0.2, 0) is 14.3 Å². The highest BCUT2D eigenvalue weighted by molar-refractivity contribution is 5.87. The summed E-state index contributed by atoms with van der Waals surface area (Å²) in [6.45, 7) is 1.96. The predicted octanol–water partition coefficient (Wildman–Crippen LogP) is 0.229. The van der Waals surface area contributed by atoms with Gasteiger partial charge in [0.1, 0.15) is 6.23 Å². The molecule has 0 aliphatic carbocycles. The van der Waals surface area contributed by atoms with Crippen LogP contribution in [0, 0.1) is 0 Å². The van der Waals surface area contributed by atoms with Crippen molar-refractivity contribution in [3.8, 4) is 0 Å². The van der Waals surface area contributed by atoms with Crippen molar-refractivity contribution in [2.45, 2.75) is 32.1 Å². The SMILES string of the molecule is CNC(=O)/C=C\N(C=O)C1CCC(C)O1. The first-order valence-electron chi connectivity index (χ1n) is 4.95. The first-order valence-corrected chi connectivity index (χ1v) is 4.95. The van der Waals surface area contributed by atoms with Crippen LogP contribution >= 0.6 is 0 Å². The molecule has 15 heavy (non-hydrogen) atoms. The molecule has 1 heterocycles. The highest BCUT2D eigenvalue weighted by atomic mass is 16.5. The van der Waals surface area contributed by atoms with Gasteiger partial charge in [0.2, 0.25) is 12.3 Å². The van der Waals surface area contributed by atoms with Gasteiger partial charge in [-0.25, -0.2) is 0 Å². The van der Waals surface area contributed by atoms with Gasteiger partial charge < -0.3 is 10.1 Å². The summed E-state index contributed by atoms with van der Waals surface area (Å²) < 4.78 is 5.49. The van der Waals surface area contributed by atoms with Gasteiger partial charge in [-0.1, -0.05) is 0 Å². The van der Waals surface area contributed by atoms with Crippen LogP contribution in [0.2, 0.25) is 0 Å². The minimum Gasteiger partial charge on any atom is -0.356 e. The molecule has 1 saturated heterocycles. The molecule has 0 aromatic carbocycles. The molecular weight excluding hydrogens is 196 g/mol. The van der Waals surface area contributed by atoms with Crippen LogP contribution in [0.4, 0.5) is 0 Å². The van der Waals surface area contributed by atoms with Gasteiger partial charge >= 0.3 is 0 Å². The highest BCUT2D eigenvalue weighted by Crippen LogP contribution is 2.21. The van der Waals surface area contributed by atoms with Gasteiger partial charge in [-0.3, -0.25) is 14.5 Å². The molecule has 5 heteroatoms. The van der Waals surface area contributed by atoms with Crippen molar-refractivity contribution in [3.63, 3.8) is 0 Å². The molecule has 1 N–H and O–H groups in total. The van der Waals surface area contributed by atoms with E-state index < -0.39 is 0 Å². The molecule has 84 valence electrons. The number of hydrogen-bond donors (Lipinski definition) is 1. The van der Waals surface area contributed by atoms with Crippen LogP contribution in [0.25, 0.3) is 0 Å². The Morgan fingerprint density at radius 3 is 2.73 bits per heavy atom. The van der Waals surface area contributed by atoms with E-state index in [1.54, 1.807) is 0 Å². The van der Waals surface area contributed by atoms with Crippen molar-refractivity contribution in [1.29, 1.82) is 0 Å². The van der Waals surface area contributed by atoms with Crippen LogP contribution in [-0.4, -0.2) is 36.6 Å². The van der Waals surface area contributed by atoms with E-state index in [0.717, 1.165) is 12.8 Å². The number of amides is 2. The summed E-state index contributed by atoms with van der Waals surface area (Å²) in [5, 5.41) is 2.43. The fourth-order valence-electron chi connectivity index (χ4n) is 1.44. The third-order valence-corrected chi connectivity index (χ3v) is 2.31. The monoisotopic (exact) mass is 212 g/mol. The van der Waals surface area contributed by atoms with Gasteiger partial charge in [0, 0.05) is 19.3 Å². The Morgan fingerprint density at radius 2 is 2.27 bits per heavy atom. The lowest BCUT2D eigenvalue weighted by molar-refractivity contribution is -0.125. The molecule has 0 radical (unpaired) electrons. The quantitative estimate of drug-likeness (QED) is 0.536. The molecule has 1 aliphatic heterocycles. The van der Waals surface area contributed by atoms with Crippen LogP contribution in [0.3, 0.4) is 0 Å². The summed E-state index contributed by atoms with van der Waals surface area (Å²) in [6, 6.07) is 0. The molecule has 0 bridgehead atoms. The van der Waals surface area contributed by atoms with E-state index in [1.165, 1.54) is 24.2 Å². The zero-order valence-corrected chi connectivity index (χ0v) is 8.97. The van der Waals surface area contributed by atoms with Crippen LogP contribution < -0.4 is 5.32 Å². The second-order valence-corrected chi connectivity index (χ2v) is 3.46. The predicted molar refractivity (Wildman–Crippen MR) is 54.7 cm³/mol. The van der Waals surface area contributed by atoms with Crippen molar-refractivity contribution in [2.75, 3.05) is 7.05 Å². The zero-order chi connectivity index (χ0) is 11.3. The summed E-state index contributed by atoms with van der Waals surface area (Å²) in [4.78, 5) is 23.1. The van der Waals surface area contributed by atoms with E-state index in [-0.39, 0.29) is 18.2 Å². The summed E-state index contributed by atoms with van der Waals surface area (Å²) in [5.74, 6) is -0.243. The van der Waals surface area contributed by atoms with Crippen LogP contribution in [0.1, 0.15) is 19.8 Å². The number of hydrogen-bond acceptors (Lipinski definition) is 3. The van der Waals surface area contributed by atoms with Crippen molar-refractivity contribution in [2.24, 2.45) is 0 Å². The van der Waals surface area contributed by atoms with E-state index >= 15 is 0 Å². The average Bonchev–Trinajstić information content (AvgIpc) is 2.65. The summed E-state index contributed by atoms with van der Waals surface area (Å²) >= 11 is 0. The smallest absolute Gasteiger partial charge is 0.245 e. The molecule has 0 spiro atoms. The highest BCUT2D eigenvalue weighted by Gasteiger charge is 2.25. The van der Waals surface area contributed by atoms with Crippen molar-refractivity contribution >= 4 is 12.3 Å². The fraction of sp³-hybridized carbons (Fsp3) is 0.600. The molecule has 0 aromatic heterocycles. The average molecular weight is 212 g/mol. The van der Waals surface area contributed by atoms with Gasteiger partial charge in [-0.15, -0.1) is 0 Å². The molecule has 2 atom stereocenters. The Bertz CT molecular complexity index is 265. The van der Waals surface area contributed by atoms with Gasteiger partial charge in [0.05, 0.1) is 6.10 Å². The molecular formula is C10H16N2O3. The van der Waals surface area contributed by atoms with Gasteiger partial charge in [0.15, 0.2) is 0 Å². The Hall–Kier alpha value is -1.36. The summed E-state index contributed by atoms with van der Waals surface area (Å²) in [7, 11) is 1.53. The van der Waals surface area contributed by atoms with Crippen molar-refractivity contribution in [3.05, 3.63) is 12.3 Å². The minimum atomic E-state index is -0.243. The summed E-state index contributed by atoms with van der Waals surface area (Å²) in [5.41, 5.74) is 0. The second-order valence-electron chi connectivity index (χ2n) is 3.46. The molecule has 2 amide bonds. The number of carbonyl (C=O) groups excluding carboxylic acids is 2. The molecule has 1 rings (SSSR count). The molecule has 0 aromatic rings. The summed E-state index contributed by atoms with van der Waals surface area (Å²) in [6.07, 6.45) is 5.09. The molecule has 5 nitrogen and oxygen atoms in total. The zero-order valence-electron chi connectivity index (χ0n) is 8.97. The number of likely N-dealkylation sites (N-methyl/N-ethyl adjacent to an activating group) is 1. The Balaban J connectivity index is 2.52. The topological polar surface area (TPSA) is 58.6 Å². The van der Waals surface area contributed by atoms with E-state index in [4.69, 9.17) is 4.74 Å². The molecule has 1 aliphatic rings. The Morgan fingerprint density at radius 1 is 1.53 bits per heavy atom. The fourth-order valence-corrected chi connectivity index (χ4v) is 1.44. The largest absolute Gasteiger partial charge is 0.356 e. The number of rotatable bonds is 4. The lowest BCUT2D eigenvalue weighted by Crippen LogP contribution is -2.30. The number of carbonyl (C=O) groups is 2. The van der Waals surface area contributed by atoms with Gasteiger partial charge in [-0.2, -0.15) is 0 Å². The van der Waals surface area contributed by atoms with E-state index in [0.29, 0.717) is 6.41 Å². The molecule has 0 saturated carbocycles. The lowest BCUT2D eigenvalue weighted by atomic mass is 10.2. The normalized spacial score (nSPS) is 25.5. The standard InChI is InChI=1S/C10H16N2O3/c1-8-3-4-10(15-8)12(7-13)6-5-9(14)11-2/h5-8,10H,3-4H2,1-2H3,(H,11,14)/b6-5-. The second kappa shape index (κ2) is 5.50. The van der Waals surface area contributed by atoms with Crippen molar-refractivity contribution < 1.29 is 14.3 Å². The van der Waals surface area contributed by atoms with Gasteiger partial charge in [-0.05, 0) is 19.8 Å². The van der Waals surface area contributed by atoms with Crippen LogP contribution in [0.5, 0.6) is 0 Å². The van der Waals surface area contributed by atoms with Crippen LogP contribution in [0.15, 0.2) is 12.3 Å². The third-order valence-electron chi connectivity index (χ3n) is 2.31. The maximum atomic E-state index is 10.9. The Kier molecular flexibility index (Phi) is 4.30. The number of nitrogens with zero attached hydrogens (tertiary/aromatic N) is 1.